The molecule has 0 atom stereocenters. The molecule has 0 spiro atoms. The highest BCUT2D eigenvalue weighted by Crippen LogP contribution is 2.46. The first kappa shape index (κ1) is 13.7. The third-order valence-corrected chi connectivity index (χ3v) is 4.87. The molecule has 1 aliphatic rings. The van der Waals surface area contributed by atoms with Crippen molar-refractivity contribution >= 4 is 35.0 Å². The van der Waals surface area contributed by atoms with Crippen LogP contribution < -0.4 is 10.6 Å². The topological polar surface area (TPSA) is 41.1 Å². The van der Waals surface area contributed by atoms with Gasteiger partial charge in [-0.25, -0.2) is 0 Å². The van der Waals surface area contributed by atoms with Crippen molar-refractivity contribution in [2.75, 3.05) is 24.7 Å². The highest BCUT2D eigenvalue weighted by molar-refractivity contribution is 8.00. The molecule has 2 rings (SSSR count). The smallest absolute Gasteiger partial charge is 0.238 e. The first-order valence-corrected chi connectivity index (χ1v) is 7.56. The summed E-state index contributed by atoms with van der Waals surface area (Å²) in [5.74, 6) is -0.0556. The van der Waals surface area contributed by atoms with Crippen LogP contribution in [0.1, 0.15) is 12.8 Å². The van der Waals surface area contributed by atoms with E-state index in [2.05, 4.69) is 16.9 Å². The summed E-state index contributed by atoms with van der Waals surface area (Å²) in [7, 11) is 0. The molecular formula is C13H17ClN2OS. The van der Waals surface area contributed by atoms with E-state index in [0.29, 0.717) is 22.0 Å². The summed E-state index contributed by atoms with van der Waals surface area (Å²) in [5, 5.41) is 6.56. The zero-order chi connectivity index (χ0) is 13.0. The molecule has 1 aliphatic carbocycles. The van der Waals surface area contributed by atoms with E-state index in [0.717, 1.165) is 6.54 Å². The molecule has 1 saturated carbocycles. The number of halogens is 1. The Kier molecular flexibility index (Phi) is 4.54. The summed E-state index contributed by atoms with van der Waals surface area (Å²) in [6, 6.07) is 7.25. The van der Waals surface area contributed by atoms with Crippen LogP contribution in [-0.4, -0.2) is 30.0 Å². The fourth-order valence-corrected chi connectivity index (χ4v) is 2.69. The number of nitrogens with one attached hydrogen (secondary N) is 2. The molecule has 0 saturated heterocycles. The summed E-state index contributed by atoms with van der Waals surface area (Å²) in [6.45, 7) is 1.22. The third-order valence-electron chi connectivity index (χ3n) is 3.12. The highest BCUT2D eigenvalue weighted by atomic mass is 35.5. The summed E-state index contributed by atoms with van der Waals surface area (Å²) in [5.41, 5.74) is 0.664. The van der Waals surface area contributed by atoms with E-state index in [1.54, 1.807) is 12.1 Å². The molecule has 1 amide bonds. The lowest BCUT2D eigenvalue weighted by Crippen LogP contribution is -2.33. The molecule has 3 nitrogen and oxygen atoms in total. The number of benzene rings is 1. The van der Waals surface area contributed by atoms with Gasteiger partial charge in [0, 0.05) is 11.3 Å². The summed E-state index contributed by atoms with van der Waals surface area (Å²) < 4.78 is 0.380. The van der Waals surface area contributed by atoms with Gasteiger partial charge < -0.3 is 10.6 Å². The van der Waals surface area contributed by atoms with Crippen LogP contribution in [0.2, 0.25) is 5.02 Å². The molecule has 0 aliphatic heterocycles. The number of hydrogen-bond donors (Lipinski definition) is 2. The second-order valence-corrected chi connectivity index (χ2v) is 6.20. The van der Waals surface area contributed by atoms with Crippen molar-refractivity contribution in [3.05, 3.63) is 29.3 Å². The van der Waals surface area contributed by atoms with Gasteiger partial charge in [0.15, 0.2) is 0 Å². The predicted octanol–water partition coefficient (Wildman–Crippen LogP) is 2.76. The molecule has 0 radical (unpaired) electrons. The summed E-state index contributed by atoms with van der Waals surface area (Å²) in [4.78, 5) is 11.7. The Bertz CT molecular complexity index is 435. The van der Waals surface area contributed by atoms with Gasteiger partial charge in [-0.2, -0.15) is 11.8 Å². The maximum absolute atomic E-state index is 11.7. The van der Waals surface area contributed by atoms with E-state index in [1.807, 2.05) is 23.9 Å². The Hall–Kier alpha value is -0.710. The second-order valence-electron chi connectivity index (χ2n) is 4.52. The number of para-hydroxylation sites is 1. The lowest BCUT2D eigenvalue weighted by molar-refractivity contribution is -0.115. The van der Waals surface area contributed by atoms with Crippen LogP contribution in [0.15, 0.2) is 24.3 Å². The van der Waals surface area contributed by atoms with Crippen molar-refractivity contribution in [3.63, 3.8) is 0 Å². The molecule has 0 bridgehead atoms. The molecular weight excluding hydrogens is 268 g/mol. The zero-order valence-electron chi connectivity index (χ0n) is 10.3. The van der Waals surface area contributed by atoms with Crippen molar-refractivity contribution < 1.29 is 4.79 Å². The summed E-state index contributed by atoms with van der Waals surface area (Å²) in [6.07, 6.45) is 4.61. The fourth-order valence-electron chi connectivity index (χ4n) is 1.75. The quantitative estimate of drug-likeness (QED) is 0.844. The number of anilines is 1. The van der Waals surface area contributed by atoms with Crippen LogP contribution in [0.3, 0.4) is 0 Å². The van der Waals surface area contributed by atoms with Gasteiger partial charge in [0.05, 0.1) is 17.3 Å². The minimum Gasteiger partial charge on any atom is -0.324 e. The molecule has 18 heavy (non-hydrogen) atoms. The van der Waals surface area contributed by atoms with Gasteiger partial charge in [0.2, 0.25) is 5.91 Å². The van der Waals surface area contributed by atoms with Gasteiger partial charge in [-0.05, 0) is 31.2 Å². The standard InChI is InChI=1S/C13H17ClN2OS/c1-18-13(6-7-13)9-15-8-12(17)16-11-5-3-2-4-10(11)14/h2-5,15H,6-9H2,1H3,(H,16,17). The monoisotopic (exact) mass is 284 g/mol. The van der Waals surface area contributed by atoms with E-state index in [9.17, 15) is 4.79 Å². The SMILES string of the molecule is CSC1(CNCC(=O)Nc2ccccc2Cl)CC1. The molecule has 1 aromatic rings. The number of rotatable bonds is 6. The second kappa shape index (κ2) is 5.95. The highest BCUT2D eigenvalue weighted by Gasteiger charge is 2.41. The maximum atomic E-state index is 11.7. The summed E-state index contributed by atoms with van der Waals surface area (Å²) >= 11 is 7.85. The number of hydrogen-bond acceptors (Lipinski definition) is 3. The van der Waals surface area contributed by atoms with Crippen LogP contribution in [-0.2, 0) is 4.79 Å². The fraction of sp³-hybridized carbons (Fsp3) is 0.462. The van der Waals surface area contributed by atoms with Crippen LogP contribution in [0.25, 0.3) is 0 Å². The number of thioether (sulfide) groups is 1. The van der Waals surface area contributed by atoms with Crippen molar-refractivity contribution in [2.24, 2.45) is 0 Å². The lowest BCUT2D eigenvalue weighted by atomic mass is 10.3. The lowest BCUT2D eigenvalue weighted by Gasteiger charge is -2.13. The third kappa shape index (κ3) is 3.64. The first-order valence-electron chi connectivity index (χ1n) is 5.95. The molecule has 1 aromatic carbocycles. The van der Waals surface area contributed by atoms with Crippen molar-refractivity contribution in [2.45, 2.75) is 17.6 Å². The van der Waals surface area contributed by atoms with Gasteiger partial charge in [-0.3, -0.25) is 4.79 Å². The predicted molar refractivity (Wildman–Crippen MR) is 78.4 cm³/mol. The van der Waals surface area contributed by atoms with E-state index in [-0.39, 0.29) is 5.91 Å². The normalized spacial score (nSPS) is 16.3. The Balaban J connectivity index is 1.74. The van der Waals surface area contributed by atoms with Gasteiger partial charge in [-0.1, -0.05) is 23.7 Å². The van der Waals surface area contributed by atoms with Crippen molar-refractivity contribution in [1.29, 1.82) is 0 Å². The zero-order valence-corrected chi connectivity index (χ0v) is 11.9. The van der Waals surface area contributed by atoms with Crippen LogP contribution >= 0.6 is 23.4 Å². The molecule has 0 heterocycles. The Morgan fingerprint density at radius 1 is 1.44 bits per heavy atom. The molecule has 0 aromatic heterocycles. The van der Waals surface area contributed by atoms with Gasteiger partial charge in [0.1, 0.15) is 0 Å². The first-order chi connectivity index (χ1) is 8.65. The van der Waals surface area contributed by atoms with E-state index < -0.39 is 0 Å². The number of amides is 1. The van der Waals surface area contributed by atoms with Gasteiger partial charge in [0.25, 0.3) is 0 Å². The molecule has 1 fully saturated rings. The van der Waals surface area contributed by atoms with Gasteiger partial charge in [-0.15, -0.1) is 0 Å². The van der Waals surface area contributed by atoms with E-state index >= 15 is 0 Å². The van der Waals surface area contributed by atoms with Crippen LogP contribution in [0, 0.1) is 0 Å². The van der Waals surface area contributed by atoms with Crippen molar-refractivity contribution in [1.82, 2.24) is 5.32 Å². The Labute approximate surface area is 117 Å². The Morgan fingerprint density at radius 2 is 2.17 bits per heavy atom. The average molecular weight is 285 g/mol. The van der Waals surface area contributed by atoms with Crippen molar-refractivity contribution in [3.8, 4) is 0 Å². The molecule has 98 valence electrons. The minimum absolute atomic E-state index is 0.0556. The maximum Gasteiger partial charge on any atom is 0.238 e. The van der Waals surface area contributed by atoms with Crippen LogP contribution in [0.4, 0.5) is 5.69 Å². The molecule has 5 heteroatoms. The van der Waals surface area contributed by atoms with E-state index in [4.69, 9.17) is 11.6 Å². The minimum atomic E-state index is -0.0556. The largest absolute Gasteiger partial charge is 0.324 e. The average Bonchev–Trinajstić information content (AvgIpc) is 3.13. The molecule has 2 N–H and O–H groups in total. The van der Waals surface area contributed by atoms with E-state index in [1.165, 1.54) is 12.8 Å². The molecule has 0 unspecified atom stereocenters. The van der Waals surface area contributed by atoms with Gasteiger partial charge >= 0.3 is 0 Å². The number of carbonyl (C=O) groups is 1. The Morgan fingerprint density at radius 3 is 2.78 bits per heavy atom. The van der Waals surface area contributed by atoms with Crippen LogP contribution in [0.5, 0.6) is 0 Å². The number of carbonyl (C=O) groups excluding carboxylic acids is 1.